The van der Waals surface area contributed by atoms with Crippen LogP contribution < -0.4 is 0 Å². The first-order valence-electron chi connectivity index (χ1n) is 4.41. The van der Waals surface area contributed by atoms with Crippen LogP contribution in [0.2, 0.25) is 0 Å². The highest BCUT2D eigenvalue weighted by Gasteiger charge is 2.05. The molecule has 0 aliphatic heterocycles. The maximum Gasteiger partial charge on any atom is 0.124 e. The SMILES string of the molecule is Cc1cnc(-c2ccc(F)cc2Br)cn1. The van der Waals surface area contributed by atoms with Crippen LogP contribution in [-0.2, 0) is 0 Å². The molecule has 0 N–H and O–H groups in total. The number of halogens is 2. The summed E-state index contributed by atoms with van der Waals surface area (Å²) in [6, 6.07) is 4.50. The Kier molecular flexibility index (Phi) is 2.77. The summed E-state index contributed by atoms with van der Waals surface area (Å²) in [5.74, 6) is -0.273. The van der Waals surface area contributed by atoms with E-state index in [4.69, 9.17) is 0 Å². The van der Waals surface area contributed by atoms with E-state index < -0.39 is 0 Å². The van der Waals surface area contributed by atoms with Crippen molar-refractivity contribution >= 4 is 15.9 Å². The quantitative estimate of drug-likeness (QED) is 0.791. The lowest BCUT2D eigenvalue weighted by Gasteiger charge is -2.03. The van der Waals surface area contributed by atoms with Gasteiger partial charge in [0, 0.05) is 16.2 Å². The van der Waals surface area contributed by atoms with Crippen LogP contribution in [0.4, 0.5) is 4.39 Å². The molecule has 0 amide bonds. The Morgan fingerprint density at radius 2 is 2.00 bits per heavy atom. The molecule has 2 nitrogen and oxygen atoms in total. The molecule has 0 fully saturated rings. The smallest absolute Gasteiger partial charge is 0.124 e. The second-order valence-electron chi connectivity index (χ2n) is 3.17. The van der Waals surface area contributed by atoms with Gasteiger partial charge in [0.15, 0.2) is 0 Å². The predicted molar refractivity (Wildman–Crippen MR) is 59.9 cm³/mol. The molecule has 0 unspecified atom stereocenters. The molecule has 76 valence electrons. The summed E-state index contributed by atoms with van der Waals surface area (Å²) in [5, 5.41) is 0. The topological polar surface area (TPSA) is 25.8 Å². The molecule has 2 rings (SSSR count). The molecule has 0 spiro atoms. The summed E-state index contributed by atoms with van der Waals surface area (Å²) in [6.07, 6.45) is 3.36. The van der Waals surface area contributed by atoms with E-state index in [1.165, 1.54) is 12.1 Å². The molecule has 0 radical (unpaired) electrons. The number of aromatic nitrogens is 2. The Hall–Kier alpha value is -1.29. The van der Waals surface area contributed by atoms with Crippen molar-refractivity contribution in [3.05, 3.63) is 46.6 Å². The zero-order valence-corrected chi connectivity index (χ0v) is 9.62. The third-order valence-corrected chi connectivity index (χ3v) is 2.64. The number of nitrogens with zero attached hydrogens (tertiary/aromatic N) is 2. The van der Waals surface area contributed by atoms with E-state index in [0.717, 1.165) is 17.0 Å². The summed E-state index contributed by atoms with van der Waals surface area (Å²) in [4.78, 5) is 8.37. The third kappa shape index (κ3) is 2.21. The highest BCUT2D eigenvalue weighted by atomic mass is 79.9. The van der Waals surface area contributed by atoms with E-state index in [-0.39, 0.29) is 5.82 Å². The third-order valence-electron chi connectivity index (χ3n) is 1.99. The van der Waals surface area contributed by atoms with Crippen molar-refractivity contribution in [2.45, 2.75) is 6.92 Å². The Balaban J connectivity index is 2.49. The Morgan fingerprint density at radius 1 is 1.20 bits per heavy atom. The number of rotatable bonds is 1. The van der Waals surface area contributed by atoms with Crippen LogP contribution in [0.5, 0.6) is 0 Å². The Labute approximate surface area is 95.3 Å². The van der Waals surface area contributed by atoms with Crippen LogP contribution in [0, 0.1) is 12.7 Å². The lowest BCUT2D eigenvalue weighted by molar-refractivity contribution is 0.627. The Bertz CT molecular complexity index is 482. The molecule has 0 saturated carbocycles. The fourth-order valence-electron chi connectivity index (χ4n) is 1.23. The van der Waals surface area contributed by atoms with E-state index in [2.05, 4.69) is 25.9 Å². The van der Waals surface area contributed by atoms with Gasteiger partial charge in [-0.3, -0.25) is 9.97 Å². The first-order chi connectivity index (χ1) is 7.16. The molecule has 1 aromatic carbocycles. The molecule has 0 aliphatic carbocycles. The molecule has 1 aromatic heterocycles. The maximum atomic E-state index is 12.9. The zero-order chi connectivity index (χ0) is 10.8. The minimum Gasteiger partial charge on any atom is -0.258 e. The van der Waals surface area contributed by atoms with Crippen LogP contribution in [0.15, 0.2) is 35.1 Å². The zero-order valence-electron chi connectivity index (χ0n) is 8.04. The molecule has 0 saturated heterocycles. The van der Waals surface area contributed by atoms with Gasteiger partial charge in [0.2, 0.25) is 0 Å². The van der Waals surface area contributed by atoms with Gasteiger partial charge in [-0.05, 0) is 41.1 Å². The predicted octanol–water partition coefficient (Wildman–Crippen LogP) is 3.35. The monoisotopic (exact) mass is 266 g/mol. The highest BCUT2D eigenvalue weighted by Crippen LogP contribution is 2.26. The minimum absolute atomic E-state index is 0.273. The number of aryl methyl sites for hydroxylation is 1. The summed E-state index contributed by atoms with van der Waals surface area (Å²) < 4.78 is 13.5. The Morgan fingerprint density at radius 3 is 2.60 bits per heavy atom. The van der Waals surface area contributed by atoms with Gasteiger partial charge in [0.05, 0.1) is 17.6 Å². The fraction of sp³-hybridized carbons (Fsp3) is 0.0909. The van der Waals surface area contributed by atoms with Crippen molar-refractivity contribution in [2.75, 3.05) is 0 Å². The standard InChI is InChI=1S/C11H8BrFN2/c1-7-5-15-11(6-14-7)9-3-2-8(13)4-10(9)12/h2-6H,1H3. The highest BCUT2D eigenvalue weighted by molar-refractivity contribution is 9.10. The lowest BCUT2D eigenvalue weighted by Crippen LogP contribution is -1.89. The normalized spacial score (nSPS) is 10.3. The second-order valence-corrected chi connectivity index (χ2v) is 4.02. The summed E-state index contributed by atoms with van der Waals surface area (Å²) >= 11 is 3.29. The van der Waals surface area contributed by atoms with E-state index in [1.807, 2.05) is 6.92 Å². The van der Waals surface area contributed by atoms with E-state index in [9.17, 15) is 4.39 Å². The molecular formula is C11H8BrFN2. The molecule has 4 heteroatoms. The molecule has 0 atom stereocenters. The molecule has 0 aliphatic rings. The van der Waals surface area contributed by atoms with Crippen molar-refractivity contribution in [1.29, 1.82) is 0 Å². The number of benzene rings is 1. The largest absolute Gasteiger partial charge is 0.258 e. The molecule has 0 bridgehead atoms. The average molecular weight is 267 g/mol. The van der Waals surface area contributed by atoms with Gasteiger partial charge in [-0.15, -0.1) is 0 Å². The van der Waals surface area contributed by atoms with Gasteiger partial charge in [0.1, 0.15) is 5.82 Å². The number of hydrogen-bond donors (Lipinski definition) is 0. The van der Waals surface area contributed by atoms with Crippen molar-refractivity contribution in [2.24, 2.45) is 0 Å². The van der Waals surface area contributed by atoms with Crippen LogP contribution in [0.3, 0.4) is 0 Å². The number of hydrogen-bond acceptors (Lipinski definition) is 2. The van der Waals surface area contributed by atoms with Gasteiger partial charge < -0.3 is 0 Å². The first-order valence-corrected chi connectivity index (χ1v) is 5.20. The lowest BCUT2D eigenvalue weighted by atomic mass is 10.1. The molecule has 2 aromatic rings. The maximum absolute atomic E-state index is 12.9. The van der Waals surface area contributed by atoms with E-state index in [0.29, 0.717) is 4.47 Å². The summed E-state index contributed by atoms with van der Waals surface area (Å²) in [5.41, 5.74) is 2.42. The summed E-state index contributed by atoms with van der Waals surface area (Å²) in [6.45, 7) is 1.87. The molecule has 1 heterocycles. The van der Waals surface area contributed by atoms with Gasteiger partial charge in [-0.1, -0.05) is 0 Å². The van der Waals surface area contributed by atoms with Crippen LogP contribution in [0.1, 0.15) is 5.69 Å². The van der Waals surface area contributed by atoms with E-state index >= 15 is 0 Å². The van der Waals surface area contributed by atoms with Gasteiger partial charge in [-0.25, -0.2) is 4.39 Å². The fourth-order valence-corrected chi connectivity index (χ4v) is 1.78. The molecule has 15 heavy (non-hydrogen) atoms. The van der Waals surface area contributed by atoms with Crippen LogP contribution in [0.25, 0.3) is 11.3 Å². The average Bonchev–Trinajstić information content (AvgIpc) is 2.20. The van der Waals surface area contributed by atoms with Crippen LogP contribution in [-0.4, -0.2) is 9.97 Å². The van der Waals surface area contributed by atoms with Gasteiger partial charge >= 0.3 is 0 Å². The van der Waals surface area contributed by atoms with Crippen molar-refractivity contribution in [3.63, 3.8) is 0 Å². The van der Waals surface area contributed by atoms with Crippen molar-refractivity contribution < 1.29 is 4.39 Å². The second kappa shape index (κ2) is 4.06. The van der Waals surface area contributed by atoms with E-state index in [1.54, 1.807) is 18.5 Å². The van der Waals surface area contributed by atoms with Gasteiger partial charge in [-0.2, -0.15) is 0 Å². The van der Waals surface area contributed by atoms with Crippen molar-refractivity contribution in [1.82, 2.24) is 9.97 Å². The van der Waals surface area contributed by atoms with Crippen LogP contribution >= 0.6 is 15.9 Å². The van der Waals surface area contributed by atoms with Crippen molar-refractivity contribution in [3.8, 4) is 11.3 Å². The molecular weight excluding hydrogens is 259 g/mol. The summed E-state index contributed by atoms with van der Waals surface area (Å²) in [7, 11) is 0. The minimum atomic E-state index is -0.273. The van der Waals surface area contributed by atoms with Gasteiger partial charge in [0.25, 0.3) is 0 Å². The first kappa shape index (κ1) is 10.2.